The van der Waals surface area contributed by atoms with Crippen molar-refractivity contribution in [1.29, 1.82) is 0 Å². The Morgan fingerprint density at radius 2 is 1.65 bits per heavy atom. The van der Waals surface area contributed by atoms with Crippen LogP contribution in [-0.2, 0) is 26.4 Å². The Labute approximate surface area is 324 Å². The van der Waals surface area contributed by atoms with Gasteiger partial charge in [0, 0.05) is 24.2 Å². The Morgan fingerprint density at radius 1 is 1.06 bits per heavy atom. The first-order valence-corrected chi connectivity index (χ1v) is 21.4. The lowest BCUT2D eigenvalue weighted by Gasteiger charge is -2.20. The van der Waals surface area contributed by atoms with Gasteiger partial charge in [-0.1, -0.05) is 23.4 Å². The predicted octanol–water partition coefficient (Wildman–Crippen LogP) is 6.35. The molecule has 23 heteroatoms. The van der Waals surface area contributed by atoms with Crippen molar-refractivity contribution in [2.45, 2.75) is 51.5 Å². The number of carbonyl (C=O) groups is 1. The van der Waals surface area contributed by atoms with Gasteiger partial charge in [0.05, 0.1) is 53.7 Å². The van der Waals surface area contributed by atoms with Crippen molar-refractivity contribution in [2.24, 2.45) is 0 Å². The van der Waals surface area contributed by atoms with E-state index in [4.69, 9.17) is 31.1 Å². The van der Waals surface area contributed by atoms with Gasteiger partial charge in [-0.15, -0.1) is 0 Å². The number of nitrogens with one attached hydrogen (secondary N) is 3. The van der Waals surface area contributed by atoms with Gasteiger partial charge in [0.2, 0.25) is 17.6 Å². The molecular weight excluding hydrogens is 802 g/mol. The maximum absolute atomic E-state index is 12.6. The van der Waals surface area contributed by atoms with Crippen LogP contribution in [0.4, 0.5) is 30.8 Å². The monoisotopic (exact) mass is 847 g/mol. The molecule has 0 aliphatic rings. The molecule has 1 unspecified atom stereocenters. The molecule has 3 rings (SSSR count). The molecule has 54 heavy (non-hydrogen) atoms. The standard InChI is InChI=1S/C15H11ClF3NO4.C10H19N5S.C3H8NO5P.C3H9S/c1-2-23-14-8-10(4-5-12(14)20(21)22)24-13-6-3-9(7-11(13)16)15(17,18)19;1-6-11-7-12-8(15-10(2,3)4)14-9(13-7)16-5;5-3(6)1-4-2-10(7,8)9;1-4(2)3/h3-8H,2H2,1H3;6H2,1-5H3,(H2,11,12,13,14,15);4H,1-2H2,(H,5,6)(H2,7,8,9);1-3H3/q;;;+1/p-1. The summed E-state index contributed by atoms with van der Waals surface area (Å²) in [5, 5.41) is 27.7. The number of nitrogens with zero attached hydrogens (tertiary/aromatic N) is 4. The number of carboxylic acids is 1. The van der Waals surface area contributed by atoms with E-state index >= 15 is 0 Å². The summed E-state index contributed by atoms with van der Waals surface area (Å²) in [7, 11) is -3.71. The second-order valence-corrected chi connectivity index (χ2v) is 17.0. The van der Waals surface area contributed by atoms with Gasteiger partial charge in [-0.3, -0.25) is 20.2 Å². The van der Waals surface area contributed by atoms with Gasteiger partial charge in [-0.2, -0.15) is 28.1 Å². The topological polar surface area (TPSA) is 234 Å². The second-order valence-electron chi connectivity index (χ2n) is 11.8. The van der Waals surface area contributed by atoms with Crippen LogP contribution in [-0.4, -0.2) is 92.4 Å². The highest BCUT2D eigenvalue weighted by molar-refractivity contribution is 7.98. The van der Waals surface area contributed by atoms with E-state index in [-0.39, 0.29) is 40.1 Å². The predicted molar refractivity (Wildman–Crippen MR) is 205 cm³/mol. The number of nitro groups is 1. The fraction of sp³-hybridized carbons (Fsp3) is 0.484. The minimum Gasteiger partial charge on any atom is -0.778 e. The maximum Gasteiger partial charge on any atom is 0.416 e. The number of aromatic nitrogens is 3. The zero-order valence-electron chi connectivity index (χ0n) is 31.1. The molecule has 0 amide bonds. The van der Waals surface area contributed by atoms with Crippen molar-refractivity contribution in [1.82, 2.24) is 20.3 Å². The quantitative estimate of drug-likeness (QED) is 0.0414. The zero-order chi connectivity index (χ0) is 41.9. The molecule has 5 N–H and O–H groups in total. The molecule has 0 spiro atoms. The van der Waals surface area contributed by atoms with E-state index in [1.54, 1.807) is 6.92 Å². The fourth-order valence-corrected chi connectivity index (χ4v) is 4.22. The van der Waals surface area contributed by atoms with Crippen molar-refractivity contribution < 1.29 is 51.8 Å². The lowest BCUT2D eigenvalue weighted by molar-refractivity contribution is -0.385. The van der Waals surface area contributed by atoms with Gasteiger partial charge in [0.15, 0.2) is 5.16 Å². The van der Waals surface area contributed by atoms with Gasteiger partial charge < -0.3 is 39.6 Å². The number of ether oxygens (including phenoxy) is 2. The highest BCUT2D eigenvalue weighted by atomic mass is 35.5. The molecule has 0 aliphatic carbocycles. The van der Waals surface area contributed by atoms with Gasteiger partial charge in [-0.05, 0) is 76.0 Å². The Balaban J connectivity index is 0.000000805. The number of benzene rings is 2. The van der Waals surface area contributed by atoms with Crippen molar-refractivity contribution in [3.05, 3.63) is 57.1 Å². The average Bonchev–Trinajstić information content (AvgIpc) is 3.00. The van der Waals surface area contributed by atoms with E-state index in [1.807, 2.05) is 18.5 Å². The highest BCUT2D eigenvalue weighted by Gasteiger charge is 2.31. The minimum atomic E-state index is -4.52. The largest absolute Gasteiger partial charge is 0.778 e. The number of thioether (sulfide) groups is 1. The number of carboxylic acid groups (broad SMARTS) is 1. The second kappa shape index (κ2) is 24.0. The van der Waals surface area contributed by atoms with E-state index in [0.717, 1.165) is 29.9 Å². The van der Waals surface area contributed by atoms with Crippen molar-refractivity contribution in [3.8, 4) is 17.2 Å². The van der Waals surface area contributed by atoms with E-state index in [0.29, 0.717) is 22.8 Å². The van der Waals surface area contributed by atoms with Crippen LogP contribution in [0.25, 0.3) is 0 Å². The molecule has 1 heterocycles. The first kappa shape index (κ1) is 50.4. The molecular formula is C31H46ClF3N7O9PS2. The molecule has 0 saturated carbocycles. The normalized spacial score (nSPS) is 12.0. The molecule has 0 bridgehead atoms. The number of nitro benzene ring substituents is 1. The molecule has 0 aliphatic heterocycles. The Kier molecular flexibility index (Phi) is 22.4. The SMILES string of the molecule is CCNc1nc(NC(C)(C)C)nc(SC)n1.CCOc1cc(Oc2ccc(C(F)(F)F)cc2Cl)ccc1[N+](=O)[O-].C[S+](C)C.O=C(O)CNCP(=O)([O-])O. The summed E-state index contributed by atoms with van der Waals surface area (Å²) in [6.45, 7) is 10.4. The zero-order valence-corrected chi connectivity index (χ0v) is 34.4. The maximum atomic E-state index is 12.6. The van der Waals surface area contributed by atoms with Crippen LogP contribution in [0.3, 0.4) is 0 Å². The van der Waals surface area contributed by atoms with Crippen LogP contribution in [0.2, 0.25) is 5.02 Å². The molecule has 2 aromatic carbocycles. The molecule has 1 atom stereocenters. The van der Waals surface area contributed by atoms with Crippen LogP contribution < -0.4 is 30.3 Å². The van der Waals surface area contributed by atoms with E-state index in [9.17, 15) is 37.5 Å². The van der Waals surface area contributed by atoms with Gasteiger partial charge in [0.25, 0.3) is 0 Å². The number of rotatable bonds is 13. The lowest BCUT2D eigenvalue weighted by atomic mass is 10.1. The van der Waals surface area contributed by atoms with Gasteiger partial charge >= 0.3 is 17.8 Å². The minimum absolute atomic E-state index is 0.0111. The number of halogens is 4. The van der Waals surface area contributed by atoms with Crippen molar-refractivity contribution in [3.63, 3.8) is 0 Å². The van der Waals surface area contributed by atoms with Gasteiger partial charge in [-0.25, -0.2) is 0 Å². The average molecular weight is 848 g/mol. The van der Waals surface area contributed by atoms with E-state index in [2.05, 4.69) is 65.1 Å². The number of hydrogen-bond acceptors (Lipinski definition) is 14. The number of alkyl halides is 3. The number of hydrogen-bond donors (Lipinski definition) is 5. The highest BCUT2D eigenvalue weighted by Crippen LogP contribution is 2.38. The number of aliphatic carboxylic acids is 1. The molecule has 3 aromatic rings. The van der Waals surface area contributed by atoms with Crippen molar-refractivity contribution in [2.75, 3.05) is 61.6 Å². The van der Waals surface area contributed by atoms with Crippen LogP contribution in [0.15, 0.2) is 41.6 Å². The molecule has 0 radical (unpaired) electrons. The van der Waals surface area contributed by atoms with E-state index in [1.165, 1.54) is 30.0 Å². The third-order valence-corrected chi connectivity index (χ3v) is 6.59. The summed E-state index contributed by atoms with van der Waals surface area (Å²) in [6, 6.07) is 6.40. The third kappa shape index (κ3) is 23.3. The van der Waals surface area contributed by atoms with E-state index < -0.39 is 43.1 Å². The van der Waals surface area contributed by atoms with Crippen LogP contribution in [0, 0.1) is 10.1 Å². The molecule has 304 valence electrons. The summed E-state index contributed by atoms with van der Waals surface area (Å²) in [4.78, 5) is 50.9. The number of anilines is 2. The smallest absolute Gasteiger partial charge is 0.416 e. The molecule has 16 nitrogen and oxygen atoms in total. The Hall–Kier alpha value is -3.59. The third-order valence-electron chi connectivity index (χ3n) is 5.12. The first-order chi connectivity index (χ1) is 24.8. The lowest BCUT2D eigenvalue weighted by Crippen LogP contribution is -2.27. The fourth-order valence-electron chi connectivity index (χ4n) is 3.25. The van der Waals surface area contributed by atoms with Gasteiger partial charge in [0.1, 0.15) is 19.1 Å². The van der Waals surface area contributed by atoms with Crippen LogP contribution in [0.1, 0.15) is 40.2 Å². The summed E-state index contributed by atoms with van der Waals surface area (Å²) in [5.74, 6) is 0.180. The Morgan fingerprint density at radius 3 is 2.09 bits per heavy atom. The van der Waals surface area contributed by atoms with Crippen molar-refractivity contribution >= 4 is 65.4 Å². The summed E-state index contributed by atoms with van der Waals surface area (Å²) >= 11 is 7.31. The van der Waals surface area contributed by atoms with Crippen LogP contribution in [0.5, 0.6) is 17.2 Å². The summed E-state index contributed by atoms with van der Waals surface area (Å²) < 4.78 is 58.3. The summed E-state index contributed by atoms with van der Waals surface area (Å²) in [5.41, 5.74) is -1.21. The summed E-state index contributed by atoms with van der Waals surface area (Å²) in [6.07, 6.45) is 3.31. The molecule has 1 aromatic heterocycles. The molecule has 0 saturated heterocycles. The Bertz CT molecular complexity index is 1680. The molecule has 0 fully saturated rings. The van der Waals surface area contributed by atoms with Crippen LogP contribution >= 0.6 is 31.0 Å². The first-order valence-electron chi connectivity index (χ1n) is 15.5.